The Bertz CT molecular complexity index is 391. The molecular weight excluding hydrogens is 236 g/mol. The van der Waals surface area contributed by atoms with Gasteiger partial charge in [-0.15, -0.1) is 0 Å². The van der Waals surface area contributed by atoms with Gasteiger partial charge in [-0.1, -0.05) is 11.6 Å². The highest BCUT2D eigenvalue weighted by atomic mass is 35.5. The minimum absolute atomic E-state index is 0.0143. The summed E-state index contributed by atoms with van der Waals surface area (Å²) >= 11 is 5.80. The van der Waals surface area contributed by atoms with E-state index in [1.165, 1.54) is 6.42 Å². The third-order valence-corrected chi connectivity index (χ3v) is 3.41. The molecule has 0 spiro atoms. The smallest absolute Gasteiger partial charge is 0.322 e. The van der Waals surface area contributed by atoms with Crippen LogP contribution in [-0.2, 0) is 0 Å². The molecular formula is C13H17ClN2O. The van der Waals surface area contributed by atoms with Gasteiger partial charge in [-0.3, -0.25) is 0 Å². The maximum absolute atomic E-state index is 12.0. The first-order valence-corrected chi connectivity index (χ1v) is 6.38. The molecule has 1 N–H and O–H groups in total. The van der Waals surface area contributed by atoms with Gasteiger partial charge in [-0.25, -0.2) is 4.79 Å². The Morgan fingerprint density at radius 2 is 2.06 bits per heavy atom. The Hall–Kier alpha value is -1.22. The lowest BCUT2D eigenvalue weighted by atomic mass is 10.0. The minimum Gasteiger partial charge on any atom is -0.322 e. The van der Waals surface area contributed by atoms with Crippen molar-refractivity contribution >= 4 is 23.3 Å². The van der Waals surface area contributed by atoms with Gasteiger partial charge in [0.1, 0.15) is 0 Å². The molecule has 0 aromatic heterocycles. The number of carbonyl (C=O) groups excluding carboxylic acids is 1. The zero-order valence-corrected chi connectivity index (χ0v) is 10.7. The summed E-state index contributed by atoms with van der Waals surface area (Å²) < 4.78 is 0. The largest absolute Gasteiger partial charge is 0.322 e. The lowest BCUT2D eigenvalue weighted by Gasteiger charge is -2.33. The molecule has 2 amide bonds. The number of hydrogen-bond donors (Lipinski definition) is 1. The fourth-order valence-electron chi connectivity index (χ4n) is 2.13. The van der Waals surface area contributed by atoms with Crippen molar-refractivity contribution in [2.45, 2.75) is 32.2 Å². The van der Waals surface area contributed by atoms with E-state index in [0.717, 1.165) is 25.1 Å². The predicted octanol–water partition coefficient (Wildman–Crippen LogP) is 3.75. The van der Waals surface area contributed by atoms with Gasteiger partial charge in [0.15, 0.2) is 0 Å². The molecule has 0 bridgehead atoms. The van der Waals surface area contributed by atoms with Crippen LogP contribution in [-0.4, -0.2) is 23.5 Å². The Kier molecular flexibility index (Phi) is 3.89. The molecule has 2 rings (SSSR count). The lowest BCUT2D eigenvalue weighted by Crippen LogP contribution is -2.44. The maximum atomic E-state index is 12.0. The third-order valence-electron chi connectivity index (χ3n) is 3.16. The summed E-state index contributed by atoms with van der Waals surface area (Å²) in [5, 5.41) is 3.57. The number of nitrogens with one attached hydrogen (secondary N) is 1. The number of halogens is 1. The van der Waals surface area contributed by atoms with Gasteiger partial charge in [0.25, 0.3) is 0 Å². The van der Waals surface area contributed by atoms with Crippen molar-refractivity contribution in [3.63, 3.8) is 0 Å². The summed E-state index contributed by atoms with van der Waals surface area (Å²) in [7, 11) is 0. The average Bonchev–Trinajstić information content (AvgIpc) is 2.32. The standard InChI is InChI=1S/C13H17ClN2O/c1-10-4-2-3-9-16(10)13(17)15-12-7-5-11(14)6-8-12/h5-8,10H,2-4,9H2,1H3,(H,15,17)/t10-/m0/s1. The zero-order valence-electron chi connectivity index (χ0n) is 9.95. The van der Waals surface area contributed by atoms with E-state index in [-0.39, 0.29) is 6.03 Å². The van der Waals surface area contributed by atoms with Crippen LogP contribution >= 0.6 is 11.6 Å². The van der Waals surface area contributed by atoms with E-state index in [1.54, 1.807) is 12.1 Å². The number of urea groups is 1. The Morgan fingerprint density at radius 1 is 1.35 bits per heavy atom. The van der Waals surface area contributed by atoms with Crippen LogP contribution in [0, 0.1) is 0 Å². The molecule has 0 radical (unpaired) electrons. The van der Waals surface area contributed by atoms with Gasteiger partial charge in [-0.05, 0) is 50.5 Å². The van der Waals surface area contributed by atoms with Gasteiger partial charge < -0.3 is 10.2 Å². The molecule has 17 heavy (non-hydrogen) atoms. The monoisotopic (exact) mass is 252 g/mol. The number of nitrogens with zero attached hydrogens (tertiary/aromatic N) is 1. The van der Waals surface area contributed by atoms with Crippen molar-refractivity contribution in [3.8, 4) is 0 Å². The SMILES string of the molecule is C[C@H]1CCCCN1C(=O)Nc1ccc(Cl)cc1. The van der Waals surface area contributed by atoms with Crippen molar-refractivity contribution in [2.75, 3.05) is 11.9 Å². The number of benzene rings is 1. The quantitative estimate of drug-likeness (QED) is 0.811. The zero-order chi connectivity index (χ0) is 12.3. The molecule has 1 aliphatic rings. The molecule has 4 heteroatoms. The number of piperidine rings is 1. The molecule has 1 aromatic rings. The highest BCUT2D eigenvalue weighted by Crippen LogP contribution is 2.19. The molecule has 1 aliphatic heterocycles. The lowest BCUT2D eigenvalue weighted by molar-refractivity contribution is 0.170. The first-order valence-electron chi connectivity index (χ1n) is 6.00. The maximum Gasteiger partial charge on any atom is 0.322 e. The fourth-order valence-corrected chi connectivity index (χ4v) is 2.25. The van der Waals surface area contributed by atoms with Crippen molar-refractivity contribution in [3.05, 3.63) is 29.3 Å². The van der Waals surface area contributed by atoms with Gasteiger partial charge in [0.2, 0.25) is 0 Å². The van der Waals surface area contributed by atoms with E-state index in [1.807, 2.05) is 17.0 Å². The van der Waals surface area contributed by atoms with Gasteiger partial charge in [-0.2, -0.15) is 0 Å². The van der Waals surface area contributed by atoms with Crippen molar-refractivity contribution < 1.29 is 4.79 Å². The van der Waals surface area contributed by atoms with E-state index < -0.39 is 0 Å². The second-order valence-electron chi connectivity index (χ2n) is 4.48. The molecule has 92 valence electrons. The van der Waals surface area contributed by atoms with Crippen molar-refractivity contribution in [1.29, 1.82) is 0 Å². The molecule has 1 saturated heterocycles. The molecule has 1 heterocycles. The molecule has 1 aromatic carbocycles. The molecule has 1 atom stereocenters. The highest BCUT2D eigenvalue weighted by Gasteiger charge is 2.22. The second kappa shape index (κ2) is 5.41. The highest BCUT2D eigenvalue weighted by molar-refractivity contribution is 6.30. The summed E-state index contributed by atoms with van der Waals surface area (Å²) in [6, 6.07) is 7.49. The Balaban J connectivity index is 1.98. The van der Waals surface area contributed by atoms with Gasteiger partial charge >= 0.3 is 6.03 Å². The first-order chi connectivity index (χ1) is 8.16. The predicted molar refractivity (Wildman–Crippen MR) is 70.5 cm³/mol. The fraction of sp³-hybridized carbons (Fsp3) is 0.462. The number of amides is 2. The van der Waals surface area contributed by atoms with E-state index in [4.69, 9.17) is 11.6 Å². The topological polar surface area (TPSA) is 32.3 Å². The summed E-state index contributed by atoms with van der Waals surface area (Å²) in [5.41, 5.74) is 0.789. The van der Waals surface area contributed by atoms with Crippen molar-refractivity contribution in [1.82, 2.24) is 4.90 Å². The Morgan fingerprint density at radius 3 is 2.71 bits per heavy atom. The summed E-state index contributed by atoms with van der Waals surface area (Å²) in [5.74, 6) is 0. The van der Waals surface area contributed by atoms with Crippen LogP contribution in [0.1, 0.15) is 26.2 Å². The van der Waals surface area contributed by atoms with Crippen LogP contribution in [0.15, 0.2) is 24.3 Å². The van der Waals surface area contributed by atoms with E-state index in [2.05, 4.69) is 12.2 Å². The molecule has 0 unspecified atom stereocenters. The normalized spacial score (nSPS) is 20.1. The van der Waals surface area contributed by atoms with Crippen LogP contribution < -0.4 is 5.32 Å². The summed E-state index contributed by atoms with van der Waals surface area (Å²) in [6.45, 7) is 2.95. The van der Waals surface area contributed by atoms with E-state index >= 15 is 0 Å². The number of rotatable bonds is 1. The van der Waals surface area contributed by atoms with Crippen molar-refractivity contribution in [2.24, 2.45) is 0 Å². The summed E-state index contributed by atoms with van der Waals surface area (Å²) in [4.78, 5) is 13.9. The third kappa shape index (κ3) is 3.13. The van der Waals surface area contributed by atoms with E-state index in [0.29, 0.717) is 11.1 Å². The van der Waals surface area contributed by atoms with Crippen LogP contribution in [0.5, 0.6) is 0 Å². The van der Waals surface area contributed by atoms with Gasteiger partial charge in [0.05, 0.1) is 0 Å². The van der Waals surface area contributed by atoms with Gasteiger partial charge in [0, 0.05) is 23.3 Å². The minimum atomic E-state index is -0.0143. The molecule has 1 fully saturated rings. The average molecular weight is 253 g/mol. The second-order valence-corrected chi connectivity index (χ2v) is 4.91. The van der Waals surface area contributed by atoms with Crippen LogP contribution in [0.2, 0.25) is 5.02 Å². The number of carbonyl (C=O) groups is 1. The molecule has 3 nitrogen and oxygen atoms in total. The molecule has 0 aliphatic carbocycles. The van der Waals surface area contributed by atoms with Crippen LogP contribution in [0.3, 0.4) is 0 Å². The summed E-state index contributed by atoms with van der Waals surface area (Å²) in [6.07, 6.45) is 3.40. The number of hydrogen-bond acceptors (Lipinski definition) is 1. The van der Waals surface area contributed by atoms with E-state index in [9.17, 15) is 4.79 Å². The van der Waals surface area contributed by atoms with Crippen LogP contribution in [0.4, 0.5) is 10.5 Å². The first kappa shape index (κ1) is 12.2. The number of anilines is 1. The Labute approximate surface area is 107 Å². The molecule has 0 saturated carbocycles. The number of likely N-dealkylation sites (tertiary alicyclic amines) is 1. The van der Waals surface area contributed by atoms with Crippen LogP contribution in [0.25, 0.3) is 0 Å².